The average Bonchev–Trinajstić information content (AvgIpc) is 3.04. The number of amides is 3. The van der Waals surface area contributed by atoms with Crippen molar-refractivity contribution in [1.82, 2.24) is 16.0 Å². The van der Waals surface area contributed by atoms with Crippen molar-refractivity contribution in [2.24, 2.45) is 5.73 Å². The van der Waals surface area contributed by atoms with E-state index < -0.39 is 57.1 Å². The van der Waals surface area contributed by atoms with Crippen molar-refractivity contribution in [2.45, 2.75) is 65.5 Å². The van der Waals surface area contributed by atoms with Gasteiger partial charge in [0.25, 0.3) is 0 Å². The zero-order valence-corrected chi connectivity index (χ0v) is 31.9. The molecule has 0 saturated heterocycles. The second-order valence-corrected chi connectivity index (χ2v) is 12.8. The van der Waals surface area contributed by atoms with Crippen molar-refractivity contribution in [3.05, 3.63) is 71.8 Å². The number of hydrogen-bond acceptors (Lipinski definition) is 12. The lowest BCUT2D eigenvalue weighted by atomic mass is 10.2. The van der Waals surface area contributed by atoms with Gasteiger partial charge in [0, 0.05) is 34.5 Å². The minimum Gasteiger partial charge on any atom is -0.480 e. The van der Waals surface area contributed by atoms with E-state index in [2.05, 4.69) is 37.3 Å². The summed E-state index contributed by atoms with van der Waals surface area (Å²) in [6.45, 7) is 8.66. The lowest BCUT2D eigenvalue weighted by Gasteiger charge is -2.21. The van der Waals surface area contributed by atoms with Crippen LogP contribution >= 0.6 is 33.8 Å². The van der Waals surface area contributed by atoms with Gasteiger partial charge in [-0.1, -0.05) is 60.7 Å². The van der Waals surface area contributed by atoms with Gasteiger partial charge < -0.3 is 50.8 Å². The van der Waals surface area contributed by atoms with Gasteiger partial charge in [-0.15, -0.1) is 12.4 Å². The highest BCUT2D eigenvalue weighted by Gasteiger charge is 2.24. The zero-order chi connectivity index (χ0) is 38.5. The van der Waals surface area contributed by atoms with Crippen molar-refractivity contribution >= 4 is 73.2 Å². The summed E-state index contributed by atoms with van der Waals surface area (Å²) in [6, 6.07) is 16.0. The van der Waals surface area contributed by atoms with Gasteiger partial charge in [-0.05, 0) is 45.7 Å². The van der Waals surface area contributed by atoms with Gasteiger partial charge in [-0.3, -0.25) is 0 Å². The Bertz CT molecular complexity index is 1290. The summed E-state index contributed by atoms with van der Waals surface area (Å²) in [5.74, 6) is -1.87. The number of aliphatic carboxylic acids is 1. The topological polar surface area (TPSA) is 242 Å². The Labute approximate surface area is 314 Å². The van der Waals surface area contributed by atoms with Gasteiger partial charge in [0.1, 0.15) is 30.9 Å². The number of alkyl carbamates (subject to hydrolysis) is 3. The quantitative estimate of drug-likeness (QED) is 0.100. The van der Waals surface area contributed by atoms with Crippen LogP contribution in [0.15, 0.2) is 60.7 Å². The van der Waals surface area contributed by atoms with Crippen molar-refractivity contribution in [1.29, 1.82) is 0 Å². The van der Waals surface area contributed by atoms with E-state index in [9.17, 15) is 24.0 Å². The SMILES string of the molecule is CC(C)(C)OC(=O)NC[C@H](NC(=O)OCc1ccccc1)C(=O)O.CCO.CCOC(=O)[C@H](CN)NC(=O)OCc1ccccc1.Cl.O=S(Cl)Cl. The predicted molar refractivity (Wildman–Crippen MR) is 195 cm³/mol. The number of nitrogens with two attached hydrogens (primary N) is 1. The number of nitrogens with one attached hydrogen (secondary N) is 3. The zero-order valence-electron chi connectivity index (χ0n) is 28.8. The third kappa shape index (κ3) is 31.8. The van der Waals surface area contributed by atoms with Crippen LogP contribution in [0.25, 0.3) is 0 Å². The first-order chi connectivity index (χ1) is 23.5. The number of halogens is 3. The summed E-state index contributed by atoms with van der Waals surface area (Å²) in [5, 5.41) is 23.5. The Morgan fingerprint density at radius 2 is 1.20 bits per heavy atom. The number of aliphatic hydroxyl groups excluding tert-OH is 1. The number of aliphatic hydroxyl groups is 1. The van der Waals surface area contributed by atoms with E-state index in [0.29, 0.717) is 0 Å². The Kier molecular flexibility index (Phi) is 31.2. The van der Waals surface area contributed by atoms with Crippen molar-refractivity contribution in [2.75, 3.05) is 26.3 Å². The molecule has 51 heavy (non-hydrogen) atoms. The van der Waals surface area contributed by atoms with Gasteiger partial charge in [-0.25, -0.2) is 28.2 Å². The number of ether oxygens (including phenoxy) is 4. The van der Waals surface area contributed by atoms with Gasteiger partial charge in [0.05, 0.1) is 13.2 Å². The van der Waals surface area contributed by atoms with Crippen LogP contribution in [-0.4, -0.2) is 88.6 Å². The van der Waals surface area contributed by atoms with Gasteiger partial charge in [0.15, 0.2) is 0 Å². The summed E-state index contributed by atoms with van der Waals surface area (Å²) in [6.07, 6.45) is -2.36. The number of benzene rings is 2. The van der Waals surface area contributed by atoms with E-state index in [1.165, 1.54) is 0 Å². The molecule has 0 spiro atoms. The molecule has 3 amide bonds. The molecule has 0 heterocycles. The summed E-state index contributed by atoms with van der Waals surface area (Å²) in [4.78, 5) is 57.2. The van der Waals surface area contributed by atoms with Crippen LogP contribution in [-0.2, 0) is 51.0 Å². The maximum Gasteiger partial charge on any atom is 0.408 e. The molecule has 0 aliphatic heterocycles. The third-order valence-corrected chi connectivity index (χ3v) is 4.96. The molecule has 0 aromatic heterocycles. The molecule has 0 saturated carbocycles. The molecule has 290 valence electrons. The minimum atomic E-state index is -1.67. The van der Waals surface area contributed by atoms with Gasteiger partial charge in [-0.2, -0.15) is 0 Å². The molecule has 0 fully saturated rings. The molecular weight excluding hydrogens is 759 g/mol. The molecule has 0 radical (unpaired) electrons. The van der Waals surface area contributed by atoms with Gasteiger partial charge in [0.2, 0.25) is 9.23 Å². The van der Waals surface area contributed by atoms with E-state index in [1.807, 2.05) is 36.4 Å². The first-order valence-corrected chi connectivity index (χ1v) is 17.7. The molecule has 2 aromatic rings. The summed E-state index contributed by atoms with van der Waals surface area (Å²) >= 11 is 0. The number of carbonyl (C=O) groups excluding carboxylic acids is 4. The average molecular weight is 806 g/mol. The third-order valence-electron chi connectivity index (χ3n) is 4.96. The maximum atomic E-state index is 11.7. The van der Waals surface area contributed by atoms with E-state index in [4.69, 9.17) is 39.1 Å². The van der Waals surface area contributed by atoms with E-state index in [1.54, 1.807) is 58.9 Å². The fraction of sp³-hybridized carbons (Fsp3) is 0.452. The van der Waals surface area contributed by atoms with Crippen LogP contribution in [0, 0.1) is 0 Å². The largest absolute Gasteiger partial charge is 0.480 e. The number of rotatable bonds is 12. The maximum absolute atomic E-state index is 11.7. The number of carbonyl (C=O) groups is 5. The van der Waals surface area contributed by atoms with E-state index >= 15 is 0 Å². The summed E-state index contributed by atoms with van der Waals surface area (Å²) < 4.78 is 28.8. The summed E-state index contributed by atoms with van der Waals surface area (Å²) in [5.41, 5.74) is 6.31. The molecule has 7 N–H and O–H groups in total. The lowest BCUT2D eigenvalue weighted by molar-refractivity contribution is -0.145. The fourth-order valence-corrected chi connectivity index (χ4v) is 2.97. The smallest absolute Gasteiger partial charge is 0.408 e. The van der Waals surface area contributed by atoms with E-state index in [-0.39, 0.29) is 51.9 Å². The van der Waals surface area contributed by atoms with Crippen LogP contribution in [0.3, 0.4) is 0 Å². The number of carboxylic acid groups (broad SMARTS) is 1. The first kappa shape index (κ1) is 51.5. The predicted octanol–water partition coefficient (Wildman–Crippen LogP) is 4.16. The van der Waals surface area contributed by atoms with Crippen LogP contribution in [0.5, 0.6) is 0 Å². The molecule has 16 nitrogen and oxygen atoms in total. The number of hydrogen-bond donors (Lipinski definition) is 6. The standard InChI is InChI=1S/C16H22N2O6.C13H18N2O4.C2H6O.Cl2OS.ClH/c1-16(2,3)24-14(21)17-9-12(13(19)20)18-15(22)23-10-11-7-5-4-6-8-11;1-2-18-12(16)11(8-14)15-13(17)19-9-10-6-4-3-5-7-10;1-2-3;1-4(2)3;/h4-8,12H,9-10H2,1-3H3,(H,17,21)(H,18,22)(H,19,20);3-7,11H,2,8-9,14H2,1H3,(H,15,17);3H,2H2,1H3;;1H/t12-;11-;;;/m00.../s1. The Morgan fingerprint density at radius 3 is 1.53 bits per heavy atom. The van der Waals surface area contributed by atoms with E-state index in [0.717, 1.165) is 11.1 Å². The molecule has 0 unspecified atom stereocenters. The van der Waals surface area contributed by atoms with Crippen molar-refractivity contribution in [3.8, 4) is 0 Å². The van der Waals surface area contributed by atoms with Crippen molar-refractivity contribution in [3.63, 3.8) is 0 Å². The van der Waals surface area contributed by atoms with Crippen LogP contribution in [0.2, 0.25) is 0 Å². The number of carboxylic acids is 1. The van der Waals surface area contributed by atoms with Crippen LogP contribution < -0.4 is 21.7 Å². The number of esters is 1. The molecule has 2 atom stereocenters. The highest BCUT2D eigenvalue weighted by Crippen LogP contribution is 2.06. The fourth-order valence-electron chi connectivity index (χ4n) is 2.97. The molecule has 2 rings (SSSR count). The molecule has 0 aliphatic carbocycles. The Balaban J connectivity index is -0.000000762. The molecule has 0 aliphatic rings. The highest BCUT2D eigenvalue weighted by atomic mass is 36.0. The van der Waals surface area contributed by atoms with Crippen LogP contribution in [0.1, 0.15) is 45.7 Å². The monoisotopic (exact) mass is 804 g/mol. The Hall–Kier alpha value is -3.87. The normalized spacial score (nSPS) is 10.9. The second kappa shape index (κ2) is 30.9. The van der Waals surface area contributed by atoms with Crippen molar-refractivity contribution < 1.29 is 57.3 Å². The molecule has 20 heteroatoms. The highest BCUT2D eigenvalue weighted by molar-refractivity contribution is 8.26. The minimum absolute atomic E-state index is 0. The first-order valence-electron chi connectivity index (χ1n) is 14.8. The molecule has 0 bridgehead atoms. The van der Waals surface area contributed by atoms with Crippen LogP contribution in [0.4, 0.5) is 14.4 Å². The van der Waals surface area contributed by atoms with Gasteiger partial charge >= 0.3 is 30.2 Å². The molecule has 2 aromatic carbocycles. The Morgan fingerprint density at radius 1 is 0.804 bits per heavy atom. The summed E-state index contributed by atoms with van der Waals surface area (Å²) in [7, 11) is 7.36. The molecular formula is C31H47Cl3N4O12S. The second-order valence-electron chi connectivity index (χ2n) is 10.2. The lowest BCUT2D eigenvalue weighted by Crippen LogP contribution is -2.49.